The first-order chi connectivity index (χ1) is 11.0. The highest BCUT2D eigenvalue weighted by Gasteiger charge is 2.34. The van der Waals surface area contributed by atoms with Gasteiger partial charge >= 0.3 is 5.97 Å². The van der Waals surface area contributed by atoms with Crippen LogP contribution < -0.4 is 0 Å². The van der Waals surface area contributed by atoms with Gasteiger partial charge < -0.3 is 14.9 Å². The minimum absolute atomic E-state index is 0.185. The van der Waals surface area contributed by atoms with Crippen LogP contribution in [0.3, 0.4) is 0 Å². The zero-order valence-corrected chi connectivity index (χ0v) is 14.6. The molecule has 2 N–H and O–H groups in total. The van der Waals surface area contributed by atoms with Crippen molar-refractivity contribution in [2.75, 3.05) is 0 Å². The van der Waals surface area contributed by atoms with Gasteiger partial charge in [-0.2, -0.15) is 0 Å². The molecule has 0 aliphatic heterocycles. The highest BCUT2D eigenvalue weighted by molar-refractivity contribution is 5.87. The first kappa shape index (κ1) is 18.0. The molecule has 130 valence electrons. The molecule has 0 aliphatic carbocycles. The number of ether oxygens (including phenoxy) is 1. The van der Waals surface area contributed by atoms with Crippen molar-refractivity contribution in [3.05, 3.63) is 35.6 Å². The lowest BCUT2D eigenvalue weighted by Gasteiger charge is -2.31. The summed E-state index contributed by atoms with van der Waals surface area (Å²) >= 11 is 0. The fraction of sp³-hybridized carbons (Fsp3) is 0.421. The Morgan fingerprint density at radius 1 is 1.17 bits per heavy atom. The van der Waals surface area contributed by atoms with E-state index in [9.17, 15) is 19.4 Å². The van der Waals surface area contributed by atoms with Crippen LogP contribution in [0.5, 0.6) is 11.5 Å². The maximum atomic E-state index is 14.0. The van der Waals surface area contributed by atoms with Crippen LogP contribution in [0.2, 0.25) is 0 Å². The Morgan fingerprint density at radius 3 is 2.38 bits per heavy atom. The molecule has 0 spiro atoms. The number of rotatable bonds is 4. The average Bonchev–Trinajstić information content (AvgIpc) is 2.51. The summed E-state index contributed by atoms with van der Waals surface area (Å²) in [4.78, 5) is 12.3. The Bertz CT molecular complexity index is 794. The van der Waals surface area contributed by atoms with Gasteiger partial charge in [-0.1, -0.05) is 19.1 Å². The summed E-state index contributed by atoms with van der Waals surface area (Å²) in [6.45, 7) is 9.08. The molecule has 0 aromatic heterocycles. The van der Waals surface area contributed by atoms with E-state index in [0.717, 1.165) is 0 Å². The number of hydrogen-bond acceptors (Lipinski definition) is 4. The van der Waals surface area contributed by atoms with Crippen LogP contribution >= 0.6 is 0 Å². The number of esters is 1. The van der Waals surface area contributed by atoms with Crippen molar-refractivity contribution >= 4 is 16.7 Å². The lowest BCUT2D eigenvalue weighted by atomic mass is 9.89. The minimum Gasteiger partial charge on any atom is -0.504 e. The van der Waals surface area contributed by atoms with E-state index in [1.807, 2.05) is 20.8 Å². The van der Waals surface area contributed by atoms with E-state index in [2.05, 4.69) is 0 Å². The van der Waals surface area contributed by atoms with Crippen molar-refractivity contribution in [1.82, 2.24) is 0 Å². The fourth-order valence-electron chi connectivity index (χ4n) is 2.29. The maximum absolute atomic E-state index is 14.0. The van der Waals surface area contributed by atoms with Crippen molar-refractivity contribution in [3.8, 4) is 11.5 Å². The molecular formula is C19H23FO4. The summed E-state index contributed by atoms with van der Waals surface area (Å²) in [6.07, 6.45) is 0.651. The molecule has 0 saturated carbocycles. The van der Waals surface area contributed by atoms with Crippen molar-refractivity contribution in [2.45, 2.75) is 46.6 Å². The zero-order chi connectivity index (χ0) is 18.3. The normalized spacial score (nSPS) is 12.4. The molecule has 2 rings (SSSR count). The van der Waals surface area contributed by atoms with Gasteiger partial charge in [0.05, 0.1) is 5.41 Å². The topological polar surface area (TPSA) is 66.8 Å². The molecule has 2 aromatic rings. The molecule has 0 unspecified atom stereocenters. The third-order valence-corrected chi connectivity index (χ3v) is 4.51. The number of aromatic hydroxyl groups is 2. The van der Waals surface area contributed by atoms with Crippen LogP contribution in [0.25, 0.3) is 10.8 Å². The smallest absolute Gasteiger partial charge is 0.312 e. The Labute approximate surface area is 140 Å². The molecule has 4 nitrogen and oxygen atoms in total. The first-order valence-electron chi connectivity index (χ1n) is 7.87. The van der Waals surface area contributed by atoms with Crippen LogP contribution in [-0.2, 0) is 15.1 Å². The summed E-state index contributed by atoms with van der Waals surface area (Å²) in [5.41, 5.74) is -0.842. The minimum atomic E-state index is -0.915. The molecule has 0 saturated heterocycles. The van der Waals surface area contributed by atoms with Crippen molar-refractivity contribution < 1.29 is 24.1 Å². The van der Waals surface area contributed by atoms with Crippen LogP contribution in [0.4, 0.5) is 4.39 Å². The number of phenols is 2. The van der Waals surface area contributed by atoms with Gasteiger partial charge in [-0.25, -0.2) is 4.39 Å². The predicted octanol–water partition coefficient (Wildman–Crippen LogP) is 4.60. The predicted molar refractivity (Wildman–Crippen MR) is 90.4 cm³/mol. The molecular weight excluding hydrogens is 311 g/mol. The van der Waals surface area contributed by atoms with Gasteiger partial charge in [0, 0.05) is 5.39 Å². The summed E-state index contributed by atoms with van der Waals surface area (Å²) in [6, 6.07) is 6.07. The number of fused-ring (bicyclic) bond motifs is 1. The number of hydrogen-bond donors (Lipinski definition) is 2. The number of carbonyl (C=O) groups excluding carboxylic acids is 1. The summed E-state index contributed by atoms with van der Waals surface area (Å²) < 4.78 is 19.7. The molecule has 0 radical (unpaired) electrons. The van der Waals surface area contributed by atoms with Gasteiger partial charge in [0.15, 0.2) is 17.3 Å². The van der Waals surface area contributed by atoms with E-state index < -0.39 is 28.3 Å². The zero-order valence-electron chi connectivity index (χ0n) is 14.6. The molecule has 0 bridgehead atoms. The van der Waals surface area contributed by atoms with Crippen LogP contribution in [0.15, 0.2) is 24.3 Å². The Balaban J connectivity index is 2.44. The molecule has 0 amide bonds. The summed E-state index contributed by atoms with van der Waals surface area (Å²) in [5.74, 6) is -2.49. The molecule has 0 atom stereocenters. The van der Waals surface area contributed by atoms with Crippen molar-refractivity contribution in [1.29, 1.82) is 0 Å². The van der Waals surface area contributed by atoms with Gasteiger partial charge in [0.1, 0.15) is 5.60 Å². The first-order valence-corrected chi connectivity index (χ1v) is 7.87. The van der Waals surface area contributed by atoms with Crippen LogP contribution in [0, 0.1) is 11.2 Å². The Kier molecular flexibility index (Phi) is 4.48. The van der Waals surface area contributed by atoms with Gasteiger partial charge in [0.2, 0.25) is 0 Å². The van der Waals surface area contributed by atoms with E-state index in [1.54, 1.807) is 26.0 Å². The number of halogens is 1. The highest BCUT2D eigenvalue weighted by Crippen LogP contribution is 2.37. The standard InChI is InChI=1S/C19H23FO4/c1-6-18(2,3)17(23)24-19(4,5)12-7-8-13-11(9-12)10-14(21)16(22)15(13)20/h7-10,21-22H,6H2,1-5H3. The van der Waals surface area contributed by atoms with Gasteiger partial charge in [0.25, 0.3) is 0 Å². The number of carbonyl (C=O) groups is 1. The van der Waals surface area contributed by atoms with Gasteiger partial charge in [-0.05, 0) is 57.2 Å². The number of benzene rings is 2. The van der Waals surface area contributed by atoms with E-state index in [4.69, 9.17) is 4.74 Å². The maximum Gasteiger partial charge on any atom is 0.312 e. The highest BCUT2D eigenvalue weighted by atomic mass is 19.1. The largest absolute Gasteiger partial charge is 0.504 e. The average molecular weight is 334 g/mol. The summed E-state index contributed by atoms with van der Waals surface area (Å²) in [7, 11) is 0. The second kappa shape index (κ2) is 5.96. The van der Waals surface area contributed by atoms with Crippen molar-refractivity contribution in [2.24, 2.45) is 5.41 Å². The second-order valence-corrected chi connectivity index (χ2v) is 7.13. The van der Waals surface area contributed by atoms with Gasteiger partial charge in [-0.3, -0.25) is 4.79 Å². The van der Waals surface area contributed by atoms with Crippen molar-refractivity contribution in [3.63, 3.8) is 0 Å². The summed E-state index contributed by atoms with van der Waals surface area (Å²) in [5, 5.41) is 19.7. The molecule has 2 aromatic carbocycles. The van der Waals surface area contributed by atoms with Gasteiger partial charge in [-0.15, -0.1) is 0 Å². The monoisotopic (exact) mass is 334 g/mol. The van der Waals surface area contributed by atoms with Crippen LogP contribution in [-0.4, -0.2) is 16.2 Å². The van der Waals surface area contributed by atoms with E-state index >= 15 is 0 Å². The number of phenolic OH excluding ortho intramolecular Hbond substituents is 2. The molecule has 5 heteroatoms. The quantitative estimate of drug-likeness (QED) is 0.633. The molecule has 0 fully saturated rings. The Hall–Kier alpha value is -2.30. The van der Waals surface area contributed by atoms with E-state index in [0.29, 0.717) is 17.4 Å². The third kappa shape index (κ3) is 3.16. The lowest BCUT2D eigenvalue weighted by molar-refractivity contribution is -0.168. The molecule has 0 aliphatic rings. The lowest BCUT2D eigenvalue weighted by Crippen LogP contribution is -2.33. The van der Waals surface area contributed by atoms with E-state index in [-0.39, 0.29) is 11.4 Å². The Morgan fingerprint density at radius 2 is 1.79 bits per heavy atom. The fourth-order valence-corrected chi connectivity index (χ4v) is 2.29. The van der Waals surface area contributed by atoms with Crippen LogP contribution in [0.1, 0.15) is 46.6 Å². The molecule has 24 heavy (non-hydrogen) atoms. The SMILES string of the molecule is CCC(C)(C)C(=O)OC(C)(C)c1ccc2c(F)c(O)c(O)cc2c1. The third-order valence-electron chi connectivity index (χ3n) is 4.51. The van der Waals surface area contributed by atoms with E-state index in [1.165, 1.54) is 12.1 Å². The second-order valence-electron chi connectivity index (χ2n) is 7.13. The molecule has 0 heterocycles.